The molecule has 0 spiro atoms. The number of amides is 2. The normalized spacial score (nSPS) is 13.6. The van der Waals surface area contributed by atoms with E-state index >= 15 is 0 Å². The molecule has 0 radical (unpaired) electrons. The van der Waals surface area contributed by atoms with Gasteiger partial charge >= 0.3 is 11.8 Å². The molecular weight excluding hydrogens is 355 g/mol. The van der Waals surface area contributed by atoms with Gasteiger partial charge < -0.3 is 24.8 Å². The van der Waals surface area contributed by atoms with Crippen molar-refractivity contribution in [3.8, 4) is 11.5 Å². The smallest absolute Gasteiger partial charge is 0.313 e. The van der Waals surface area contributed by atoms with Crippen molar-refractivity contribution in [2.24, 2.45) is 0 Å². The Bertz CT molecular complexity index is 843. The third kappa shape index (κ3) is 4.73. The van der Waals surface area contributed by atoms with E-state index in [0.29, 0.717) is 36.0 Å². The van der Waals surface area contributed by atoms with E-state index in [1.165, 1.54) is 19.2 Å². The predicted octanol–water partition coefficient (Wildman–Crippen LogP) is 2.04. The molecule has 0 fully saturated rings. The molecule has 1 aliphatic rings. The van der Waals surface area contributed by atoms with Gasteiger partial charge in [0, 0.05) is 25.4 Å². The Morgan fingerprint density at radius 3 is 2.63 bits per heavy atom. The number of hydrogen-bond acceptors (Lipinski definition) is 5. The van der Waals surface area contributed by atoms with Crippen molar-refractivity contribution in [3.05, 3.63) is 53.8 Å². The molecule has 2 N–H and O–H groups in total. The summed E-state index contributed by atoms with van der Waals surface area (Å²) in [4.78, 5) is 24.1. The zero-order valence-electron chi connectivity index (χ0n) is 14.7. The Morgan fingerprint density at radius 1 is 1.11 bits per heavy atom. The molecule has 0 aliphatic carbocycles. The van der Waals surface area contributed by atoms with E-state index in [0.717, 1.165) is 0 Å². The van der Waals surface area contributed by atoms with Gasteiger partial charge in [0.05, 0.1) is 6.10 Å². The molecule has 1 heterocycles. The monoisotopic (exact) mass is 374 g/mol. The summed E-state index contributed by atoms with van der Waals surface area (Å²) in [5, 5.41) is 4.97. The molecule has 1 atom stereocenters. The van der Waals surface area contributed by atoms with Crippen LogP contribution in [0.1, 0.15) is 11.7 Å². The maximum atomic E-state index is 13.3. The van der Waals surface area contributed by atoms with Crippen LogP contribution in [0.2, 0.25) is 0 Å². The van der Waals surface area contributed by atoms with Crippen LogP contribution in [0.4, 0.5) is 10.1 Å². The highest BCUT2D eigenvalue weighted by Crippen LogP contribution is 2.32. The Kier molecular flexibility index (Phi) is 5.87. The van der Waals surface area contributed by atoms with Crippen LogP contribution >= 0.6 is 0 Å². The summed E-state index contributed by atoms with van der Waals surface area (Å²) in [6.07, 6.45) is -0.577. The Hall–Kier alpha value is -3.13. The first kappa shape index (κ1) is 18.7. The lowest BCUT2D eigenvalue weighted by Gasteiger charge is -2.19. The molecule has 7 nitrogen and oxygen atoms in total. The van der Waals surface area contributed by atoms with Crippen molar-refractivity contribution < 1.29 is 28.2 Å². The summed E-state index contributed by atoms with van der Waals surface area (Å²) in [5.41, 5.74) is 0.970. The number of nitrogens with one attached hydrogen (secondary N) is 2. The number of hydrogen-bond donors (Lipinski definition) is 2. The van der Waals surface area contributed by atoms with Gasteiger partial charge in [-0.2, -0.15) is 0 Å². The SMILES string of the molecule is COC(CNC(=O)C(=O)Nc1ccc2c(c1)OCCO2)c1cccc(F)c1. The summed E-state index contributed by atoms with van der Waals surface area (Å²) in [5.74, 6) is -0.979. The van der Waals surface area contributed by atoms with E-state index in [4.69, 9.17) is 14.2 Å². The number of rotatable bonds is 5. The van der Waals surface area contributed by atoms with Gasteiger partial charge in [-0.15, -0.1) is 0 Å². The highest BCUT2D eigenvalue weighted by Gasteiger charge is 2.19. The molecule has 0 aromatic heterocycles. The van der Waals surface area contributed by atoms with Crippen molar-refractivity contribution >= 4 is 17.5 Å². The molecule has 0 saturated carbocycles. The topological polar surface area (TPSA) is 85.9 Å². The fourth-order valence-electron chi connectivity index (χ4n) is 2.62. The Labute approximate surface area is 155 Å². The van der Waals surface area contributed by atoms with Gasteiger partial charge in [0.15, 0.2) is 11.5 Å². The van der Waals surface area contributed by atoms with E-state index in [2.05, 4.69) is 10.6 Å². The number of fused-ring (bicyclic) bond motifs is 1. The zero-order valence-corrected chi connectivity index (χ0v) is 14.7. The van der Waals surface area contributed by atoms with Crippen molar-refractivity contribution in [2.45, 2.75) is 6.10 Å². The Morgan fingerprint density at radius 2 is 1.89 bits per heavy atom. The average Bonchev–Trinajstić information content (AvgIpc) is 2.68. The number of ether oxygens (including phenoxy) is 3. The number of anilines is 1. The third-order valence-electron chi connectivity index (χ3n) is 3.96. The maximum Gasteiger partial charge on any atom is 0.313 e. The summed E-state index contributed by atoms with van der Waals surface area (Å²) >= 11 is 0. The Balaban J connectivity index is 1.56. The summed E-state index contributed by atoms with van der Waals surface area (Å²) in [7, 11) is 1.44. The molecule has 27 heavy (non-hydrogen) atoms. The second-order valence-electron chi connectivity index (χ2n) is 5.80. The summed E-state index contributed by atoms with van der Waals surface area (Å²) in [6, 6.07) is 10.7. The number of benzene rings is 2. The standard InChI is InChI=1S/C19H19FN2O5/c1-25-17(12-3-2-4-13(20)9-12)11-21-18(23)19(24)22-14-5-6-15-16(10-14)27-8-7-26-15/h2-6,9-10,17H,7-8,11H2,1H3,(H,21,23)(H,22,24). The maximum absolute atomic E-state index is 13.3. The minimum atomic E-state index is -0.833. The van der Waals surface area contributed by atoms with Crippen LogP contribution in [0.15, 0.2) is 42.5 Å². The van der Waals surface area contributed by atoms with Crippen LogP contribution in [0, 0.1) is 5.82 Å². The second kappa shape index (κ2) is 8.50. The number of carbonyl (C=O) groups excluding carboxylic acids is 2. The highest BCUT2D eigenvalue weighted by molar-refractivity contribution is 6.39. The number of methoxy groups -OCH3 is 1. The highest BCUT2D eigenvalue weighted by atomic mass is 19.1. The molecule has 2 aromatic rings. The van der Waals surface area contributed by atoms with Crippen molar-refractivity contribution in [2.75, 3.05) is 32.2 Å². The molecule has 3 rings (SSSR count). The van der Waals surface area contributed by atoms with E-state index in [1.54, 1.807) is 30.3 Å². The summed E-state index contributed by atoms with van der Waals surface area (Å²) < 4.78 is 29.4. The molecule has 0 saturated heterocycles. The molecule has 1 unspecified atom stereocenters. The third-order valence-corrected chi connectivity index (χ3v) is 3.96. The second-order valence-corrected chi connectivity index (χ2v) is 5.80. The van der Waals surface area contributed by atoms with E-state index in [1.807, 2.05) is 0 Å². The van der Waals surface area contributed by atoms with Gasteiger partial charge in [-0.3, -0.25) is 9.59 Å². The van der Waals surface area contributed by atoms with Gasteiger partial charge in [0.25, 0.3) is 0 Å². The van der Waals surface area contributed by atoms with E-state index < -0.39 is 23.7 Å². The minimum Gasteiger partial charge on any atom is -0.486 e. The van der Waals surface area contributed by atoms with Crippen LogP contribution in [-0.2, 0) is 14.3 Å². The number of halogens is 1. The quantitative estimate of drug-likeness (QED) is 0.783. The fourth-order valence-corrected chi connectivity index (χ4v) is 2.62. The lowest BCUT2D eigenvalue weighted by molar-refractivity contribution is -0.136. The molecular formula is C19H19FN2O5. The molecule has 2 amide bonds. The van der Waals surface area contributed by atoms with E-state index in [-0.39, 0.29) is 6.54 Å². The van der Waals surface area contributed by atoms with Gasteiger partial charge in [0.1, 0.15) is 19.0 Å². The lowest BCUT2D eigenvalue weighted by atomic mass is 10.1. The first-order valence-electron chi connectivity index (χ1n) is 8.34. The van der Waals surface area contributed by atoms with E-state index in [9.17, 15) is 14.0 Å². The summed E-state index contributed by atoms with van der Waals surface area (Å²) in [6.45, 7) is 0.907. The molecule has 142 valence electrons. The fraction of sp³-hybridized carbons (Fsp3) is 0.263. The van der Waals surface area contributed by atoms with Crippen LogP contribution in [0.5, 0.6) is 11.5 Å². The van der Waals surface area contributed by atoms with Crippen molar-refractivity contribution in [1.29, 1.82) is 0 Å². The van der Waals surface area contributed by atoms with Crippen molar-refractivity contribution in [1.82, 2.24) is 5.32 Å². The van der Waals surface area contributed by atoms with Gasteiger partial charge in [0.2, 0.25) is 0 Å². The largest absolute Gasteiger partial charge is 0.486 e. The van der Waals surface area contributed by atoms with Crippen LogP contribution in [0.25, 0.3) is 0 Å². The van der Waals surface area contributed by atoms with Crippen LogP contribution in [-0.4, -0.2) is 38.7 Å². The van der Waals surface area contributed by atoms with Gasteiger partial charge in [-0.1, -0.05) is 12.1 Å². The molecule has 2 aromatic carbocycles. The molecule has 0 bridgehead atoms. The first-order valence-corrected chi connectivity index (χ1v) is 8.34. The first-order chi connectivity index (χ1) is 13.1. The molecule has 8 heteroatoms. The number of carbonyl (C=O) groups is 2. The molecule has 1 aliphatic heterocycles. The van der Waals surface area contributed by atoms with Gasteiger partial charge in [-0.25, -0.2) is 4.39 Å². The van der Waals surface area contributed by atoms with Crippen LogP contribution in [0.3, 0.4) is 0 Å². The predicted molar refractivity (Wildman–Crippen MR) is 95.2 cm³/mol. The lowest BCUT2D eigenvalue weighted by Crippen LogP contribution is -2.38. The van der Waals surface area contributed by atoms with Crippen molar-refractivity contribution in [3.63, 3.8) is 0 Å². The average molecular weight is 374 g/mol. The van der Waals surface area contributed by atoms with Crippen LogP contribution < -0.4 is 20.1 Å². The minimum absolute atomic E-state index is 0.0212. The van der Waals surface area contributed by atoms with Gasteiger partial charge in [-0.05, 0) is 29.8 Å². The zero-order chi connectivity index (χ0) is 19.2.